The van der Waals surface area contributed by atoms with E-state index in [-0.39, 0.29) is 23.3 Å². The first-order valence-corrected chi connectivity index (χ1v) is 10.7. The molecular weight excluding hydrogens is 395 g/mol. The second-order valence-corrected chi connectivity index (χ2v) is 9.13. The number of carbonyl (C=O) groups is 1. The first kappa shape index (κ1) is 17.3. The summed E-state index contributed by atoms with van der Waals surface area (Å²) < 4.78 is 14.0. The SMILES string of the molecule is Cc1cc2[nH]c(C(=O)N3C4CN(c5ncnc6[nH]ccc56)CC5CCC543)cc2cc1F. The molecule has 7 rings (SSSR count). The minimum absolute atomic E-state index is 0.0142. The average molecular weight is 416 g/mol. The van der Waals surface area contributed by atoms with E-state index >= 15 is 0 Å². The van der Waals surface area contributed by atoms with E-state index in [9.17, 15) is 9.18 Å². The molecule has 5 heterocycles. The maximum absolute atomic E-state index is 14.0. The Morgan fingerprint density at radius 3 is 3.00 bits per heavy atom. The van der Waals surface area contributed by atoms with Gasteiger partial charge in [-0.2, -0.15) is 0 Å². The van der Waals surface area contributed by atoms with Crippen molar-refractivity contribution < 1.29 is 9.18 Å². The van der Waals surface area contributed by atoms with Crippen LogP contribution in [0, 0.1) is 18.7 Å². The van der Waals surface area contributed by atoms with Crippen LogP contribution in [-0.2, 0) is 0 Å². The quantitative estimate of drug-likeness (QED) is 0.491. The van der Waals surface area contributed by atoms with Gasteiger partial charge in [-0.15, -0.1) is 0 Å². The summed E-state index contributed by atoms with van der Waals surface area (Å²) in [5.74, 6) is 1.14. The van der Waals surface area contributed by atoms with Crippen LogP contribution in [0.5, 0.6) is 0 Å². The van der Waals surface area contributed by atoms with Crippen LogP contribution in [0.4, 0.5) is 10.2 Å². The number of halogens is 1. The summed E-state index contributed by atoms with van der Waals surface area (Å²) in [7, 11) is 0. The Morgan fingerprint density at radius 2 is 2.16 bits per heavy atom. The molecule has 4 aromatic rings. The van der Waals surface area contributed by atoms with Gasteiger partial charge in [-0.3, -0.25) is 4.79 Å². The van der Waals surface area contributed by atoms with Gasteiger partial charge in [-0.1, -0.05) is 0 Å². The lowest BCUT2D eigenvalue weighted by Crippen LogP contribution is -2.53. The van der Waals surface area contributed by atoms with E-state index in [1.165, 1.54) is 6.07 Å². The molecule has 0 radical (unpaired) electrons. The zero-order valence-electron chi connectivity index (χ0n) is 17.0. The molecular formula is C23H21FN6O. The van der Waals surface area contributed by atoms with E-state index in [4.69, 9.17) is 0 Å². The van der Waals surface area contributed by atoms with Gasteiger partial charge in [0.15, 0.2) is 0 Å². The van der Waals surface area contributed by atoms with E-state index in [1.54, 1.807) is 25.4 Å². The van der Waals surface area contributed by atoms with E-state index in [0.29, 0.717) is 17.2 Å². The molecule has 1 spiro atoms. The molecule has 3 unspecified atom stereocenters. The Kier molecular flexibility index (Phi) is 3.14. The number of nitrogens with zero attached hydrogens (tertiary/aromatic N) is 4. The fraction of sp³-hybridized carbons (Fsp3) is 0.348. The van der Waals surface area contributed by atoms with Crippen molar-refractivity contribution in [1.29, 1.82) is 0 Å². The second-order valence-electron chi connectivity index (χ2n) is 9.13. The van der Waals surface area contributed by atoms with E-state index in [2.05, 4.69) is 29.7 Å². The predicted molar refractivity (Wildman–Crippen MR) is 115 cm³/mol. The fourth-order valence-electron chi connectivity index (χ4n) is 5.97. The van der Waals surface area contributed by atoms with E-state index < -0.39 is 0 Å². The van der Waals surface area contributed by atoms with Crippen LogP contribution in [0.1, 0.15) is 28.9 Å². The Morgan fingerprint density at radius 1 is 1.26 bits per heavy atom. The number of anilines is 1. The summed E-state index contributed by atoms with van der Waals surface area (Å²) in [5.41, 5.74) is 2.72. The maximum atomic E-state index is 14.0. The Bertz CT molecular complexity index is 1350. The van der Waals surface area contributed by atoms with Crippen LogP contribution in [0.25, 0.3) is 21.9 Å². The van der Waals surface area contributed by atoms with Crippen molar-refractivity contribution in [1.82, 2.24) is 24.8 Å². The second kappa shape index (κ2) is 5.63. The molecule has 2 aliphatic heterocycles. The Hall–Kier alpha value is -3.42. The molecule has 2 saturated heterocycles. The molecule has 3 fully saturated rings. The molecule has 31 heavy (non-hydrogen) atoms. The fourth-order valence-corrected chi connectivity index (χ4v) is 5.97. The van der Waals surface area contributed by atoms with Gasteiger partial charge >= 0.3 is 0 Å². The van der Waals surface area contributed by atoms with E-state index in [1.807, 2.05) is 12.3 Å². The minimum Gasteiger partial charge on any atom is -0.353 e. The standard InChI is InChI=1S/C23H21FN6O/c1-12-6-17-13(7-16(12)24)8-18(28-17)22(31)30-19-10-29(9-14-2-4-23(14,19)30)21-15-3-5-25-20(15)26-11-27-21/h3,5-8,11,14,19,28H,2,4,9-10H2,1H3,(H,25,26,27). The number of amides is 1. The number of rotatable bonds is 2. The van der Waals surface area contributed by atoms with Crippen LogP contribution >= 0.6 is 0 Å². The molecule has 3 aromatic heterocycles. The Labute approximate surface area is 177 Å². The monoisotopic (exact) mass is 416 g/mol. The highest BCUT2D eigenvalue weighted by atomic mass is 19.1. The van der Waals surface area contributed by atoms with Gasteiger partial charge in [0, 0.05) is 36.1 Å². The summed E-state index contributed by atoms with van der Waals surface area (Å²) in [4.78, 5) is 33.1. The molecule has 1 saturated carbocycles. The van der Waals surface area contributed by atoms with Crippen LogP contribution in [0.15, 0.2) is 36.8 Å². The van der Waals surface area contributed by atoms with Crippen LogP contribution in [-0.4, -0.2) is 55.4 Å². The number of hydrogen-bond acceptors (Lipinski definition) is 4. The predicted octanol–water partition coefficient (Wildman–Crippen LogP) is 3.38. The molecule has 1 amide bonds. The molecule has 3 atom stereocenters. The van der Waals surface area contributed by atoms with Gasteiger partial charge in [0.05, 0.1) is 17.0 Å². The maximum Gasteiger partial charge on any atom is 0.271 e. The molecule has 1 aromatic carbocycles. The van der Waals surface area contributed by atoms with Crippen molar-refractivity contribution in [2.75, 3.05) is 18.0 Å². The summed E-state index contributed by atoms with van der Waals surface area (Å²) in [6.45, 7) is 3.40. The number of fused-ring (bicyclic) bond motifs is 2. The number of hydrogen-bond donors (Lipinski definition) is 2. The first-order chi connectivity index (χ1) is 15.1. The molecule has 0 bridgehead atoms. The van der Waals surface area contributed by atoms with Crippen molar-refractivity contribution in [3.05, 3.63) is 53.9 Å². The number of nitrogens with one attached hydrogen (secondary N) is 2. The number of benzene rings is 1. The number of carbonyl (C=O) groups excluding carboxylic acids is 1. The molecule has 1 aliphatic carbocycles. The number of aryl methyl sites for hydroxylation is 1. The zero-order valence-corrected chi connectivity index (χ0v) is 17.0. The van der Waals surface area contributed by atoms with Gasteiger partial charge in [0.1, 0.15) is 29.3 Å². The topological polar surface area (TPSA) is 80.7 Å². The summed E-state index contributed by atoms with van der Waals surface area (Å²) >= 11 is 0. The Balaban J connectivity index is 1.21. The first-order valence-electron chi connectivity index (χ1n) is 10.7. The molecule has 8 heteroatoms. The van der Waals surface area contributed by atoms with Crippen molar-refractivity contribution in [2.45, 2.75) is 31.3 Å². The molecule has 156 valence electrons. The third-order valence-corrected chi connectivity index (χ3v) is 7.69. The highest BCUT2D eigenvalue weighted by Gasteiger charge is 2.74. The molecule has 2 N–H and O–H groups in total. The van der Waals surface area contributed by atoms with E-state index in [0.717, 1.165) is 53.7 Å². The number of aromatic nitrogens is 4. The van der Waals surface area contributed by atoms with Crippen molar-refractivity contribution in [3.63, 3.8) is 0 Å². The molecule has 7 nitrogen and oxygen atoms in total. The highest BCUT2D eigenvalue weighted by Crippen LogP contribution is 2.62. The average Bonchev–Trinajstić information content (AvgIpc) is 3.03. The number of piperidine rings is 1. The van der Waals surface area contributed by atoms with Gasteiger partial charge in [-0.05, 0) is 49.6 Å². The van der Waals surface area contributed by atoms with Gasteiger partial charge < -0.3 is 19.8 Å². The lowest BCUT2D eigenvalue weighted by Gasteiger charge is -2.44. The lowest BCUT2D eigenvalue weighted by atomic mass is 9.68. The van der Waals surface area contributed by atoms with Crippen molar-refractivity contribution in [2.24, 2.45) is 5.92 Å². The highest BCUT2D eigenvalue weighted by molar-refractivity contribution is 6.00. The third-order valence-electron chi connectivity index (χ3n) is 7.69. The zero-order chi connectivity index (χ0) is 20.9. The van der Waals surface area contributed by atoms with Gasteiger partial charge in [0.25, 0.3) is 5.91 Å². The van der Waals surface area contributed by atoms with Crippen LogP contribution in [0.3, 0.4) is 0 Å². The number of H-pyrrole nitrogens is 2. The largest absolute Gasteiger partial charge is 0.353 e. The van der Waals surface area contributed by atoms with Gasteiger partial charge in [-0.25, -0.2) is 14.4 Å². The third kappa shape index (κ3) is 2.14. The smallest absolute Gasteiger partial charge is 0.271 e. The number of aromatic amines is 2. The van der Waals surface area contributed by atoms with Crippen molar-refractivity contribution >= 4 is 33.7 Å². The lowest BCUT2D eigenvalue weighted by molar-refractivity contribution is 0.0766. The summed E-state index contributed by atoms with van der Waals surface area (Å²) in [6.07, 6.45) is 5.65. The van der Waals surface area contributed by atoms with Crippen molar-refractivity contribution in [3.8, 4) is 0 Å². The van der Waals surface area contributed by atoms with Gasteiger partial charge in [0.2, 0.25) is 0 Å². The normalized spacial score (nSPS) is 26.6. The summed E-state index contributed by atoms with van der Waals surface area (Å²) in [6, 6.07) is 7.23. The summed E-state index contributed by atoms with van der Waals surface area (Å²) in [5, 5.41) is 1.75. The minimum atomic E-state index is -0.250. The molecule has 3 aliphatic rings. The van der Waals surface area contributed by atoms with Crippen LogP contribution in [0.2, 0.25) is 0 Å². The van der Waals surface area contributed by atoms with Crippen LogP contribution < -0.4 is 4.90 Å².